The van der Waals surface area contributed by atoms with Gasteiger partial charge in [0.15, 0.2) is 0 Å². The second kappa shape index (κ2) is 7.78. The summed E-state index contributed by atoms with van der Waals surface area (Å²) in [5, 5.41) is 4.63. The van der Waals surface area contributed by atoms with E-state index in [0.717, 1.165) is 22.0 Å². The summed E-state index contributed by atoms with van der Waals surface area (Å²) >= 11 is 0. The standard InChI is InChI=1S/C22H21FN4O/c1-14-26-21(11-22(28)27-14)20(24-12-15-6-8-17(23)9-7-15)10-16-13-25-19-5-3-2-4-18(16)19/h2-9,11,13,20,24-25H,10,12H2,1H3,(H,26,27,28). The van der Waals surface area contributed by atoms with Gasteiger partial charge in [0, 0.05) is 29.7 Å². The molecule has 0 saturated carbocycles. The Bertz CT molecular complexity index is 1150. The lowest BCUT2D eigenvalue weighted by Crippen LogP contribution is -2.26. The molecule has 1 unspecified atom stereocenters. The van der Waals surface area contributed by atoms with E-state index >= 15 is 0 Å². The molecular formula is C22H21FN4O. The second-order valence-corrected chi connectivity index (χ2v) is 6.88. The van der Waals surface area contributed by atoms with Gasteiger partial charge in [-0.2, -0.15) is 0 Å². The van der Waals surface area contributed by atoms with Crippen LogP contribution in [-0.4, -0.2) is 15.0 Å². The van der Waals surface area contributed by atoms with Crippen LogP contribution in [0.15, 0.2) is 65.6 Å². The highest BCUT2D eigenvalue weighted by atomic mass is 19.1. The minimum absolute atomic E-state index is 0.162. The van der Waals surface area contributed by atoms with Crippen molar-refractivity contribution in [1.82, 2.24) is 20.3 Å². The van der Waals surface area contributed by atoms with Crippen LogP contribution >= 0.6 is 0 Å². The Kier molecular flexibility index (Phi) is 5.04. The molecule has 5 nitrogen and oxygen atoms in total. The van der Waals surface area contributed by atoms with Gasteiger partial charge in [0.1, 0.15) is 11.6 Å². The van der Waals surface area contributed by atoms with E-state index in [1.807, 2.05) is 24.4 Å². The van der Waals surface area contributed by atoms with Gasteiger partial charge in [0.05, 0.1) is 11.7 Å². The molecular weight excluding hydrogens is 355 g/mol. The summed E-state index contributed by atoms with van der Waals surface area (Å²) in [5.41, 5.74) is 3.70. The fourth-order valence-corrected chi connectivity index (χ4v) is 3.43. The van der Waals surface area contributed by atoms with Crippen LogP contribution in [-0.2, 0) is 13.0 Å². The molecule has 0 aliphatic rings. The summed E-state index contributed by atoms with van der Waals surface area (Å²) in [5.74, 6) is 0.320. The average molecular weight is 376 g/mol. The Morgan fingerprint density at radius 3 is 2.71 bits per heavy atom. The van der Waals surface area contributed by atoms with Crippen LogP contribution in [0.3, 0.4) is 0 Å². The Morgan fingerprint density at radius 1 is 1.14 bits per heavy atom. The first-order valence-corrected chi connectivity index (χ1v) is 9.19. The lowest BCUT2D eigenvalue weighted by atomic mass is 10.0. The third-order valence-electron chi connectivity index (χ3n) is 4.80. The van der Waals surface area contributed by atoms with E-state index < -0.39 is 0 Å². The van der Waals surface area contributed by atoms with Gasteiger partial charge in [0.25, 0.3) is 5.56 Å². The van der Waals surface area contributed by atoms with Crippen LogP contribution in [0.1, 0.15) is 28.7 Å². The molecule has 0 aliphatic carbocycles. The fourth-order valence-electron chi connectivity index (χ4n) is 3.43. The van der Waals surface area contributed by atoms with Crippen LogP contribution in [0.5, 0.6) is 0 Å². The van der Waals surface area contributed by atoms with E-state index in [-0.39, 0.29) is 17.4 Å². The molecule has 6 heteroatoms. The molecule has 0 aliphatic heterocycles. The van der Waals surface area contributed by atoms with Gasteiger partial charge in [-0.1, -0.05) is 30.3 Å². The van der Waals surface area contributed by atoms with E-state index in [1.54, 1.807) is 19.1 Å². The Hall–Kier alpha value is -3.25. The first-order chi connectivity index (χ1) is 13.6. The van der Waals surface area contributed by atoms with Crippen molar-refractivity contribution in [2.24, 2.45) is 0 Å². The molecule has 1 atom stereocenters. The molecule has 0 spiro atoms. The minimum atomic E-state index is -0.258. The zero-order chi connectivity index (χ0) is 19.5. The normalized spacial score (nSPS) is 12.4. The first-order valence-electron chi connectivity index (χ1n) is 9.19. The molecule has 142 valence electrons. The smallest absolute Gasteiger partial charge is 0.251 e. The van der Waals surface area contributed by atoms with Crippen molar-refractivity contribution in [1.29, 1.82) is 0 Å². The minimum Gasteiger partial charge on any atom is -0.361 e. The maximum Gasteiger partial charge on any atom is 0.251 e. The molecule has 4 rings (SSSR count). The largest absolute Gasteiger partial charge is 0.361 e. The van der Waals surface area contributed by atoms with Crippen molar-refractivity contribution >= 4 is 10.9 Å². The summed E-state index contributed by atoms with van der Waals surface area (Å²) in [6, 6.07) is 15.9. The van der Waals surface area contributed by atoms with E-state index in [1.165, 1.54) is 18.2 Å². The molecule has 0 bridgehead atoms. The number of benzene rings is 2. The lowest BCUT2D eigenvalue weighted by molar-refractivity contribution is 0.516. The molecule has 0 amide bonds. The number of aryl methyl sites for hydroxylation is 1. The predicted molar refractivity (Wildman–Crippen MR) is 108 cm³/mol. The molecule has 2 aromatic heterocycles. The van der Waals surface area contributed by atoms with Crippen molar-refractivity contribution in [3.8, 4) is 0 Å². The molecule has 4 aromatic rings. The number of hydrogen-bond acceptors (Lipinski definition) is 3. The van der Waals surface area contributed by atoms with E-state index in [2.05, 4.69) is 26.3 Å². The Labute approximate surface area is 161 Å². The van der Waals surface area contributed by atoms with Crippen molar-refractivity contribution in [3.05, 3.63) is 99.6 Å². The van der Waals surface area contributed by atoms with Crippen LogP contribution in [0.2, 0.25) is 0 Å². The molecule has 2 aromatic carbocycles. The number of nitrogens with zero attached hydrogens (tertiary/aromatic N) is 1. The van der Waals surface area contributed by atoms with Gasteiger partial charge in [-0.05, 0) is 42.7 Å². The summed E-state index contributed by atoms with van der Waals surface area (Å²) in [4.78, 5) is 22.5. The summed E-state index contributed by atoms with van der Waals surface area (Å²) in [6.07, 6.45) is 2.67. The lowest BCUT2D eigenvalue weighted by Gasteiger charge is -2.18. The van der Waals surface area contributed by atoms with Gasteiger partial charge < -0.3 is 15.3 Å². The quantitative estimate of drug-likeness (QED) is 0.480. The van der Waals surface area contributed by atoms with Gasteiger partial charge in [-0.25, -0.2) is 9.37 Å². The van der Waals surface area contributed by atoms with E-state index in [9.17, 15) is 9.18 Å². The highest BCUT2D eigenvalue weighted by Crippen LogP contribution is 2.24. The van der Waals surface area contributed by atoms with Crippen molar-refractivity contribution < 1.29 is 4.39 Å². The highest BCUT2D eigenvalue weighted by Gasteiger charge is 2.17. The maximum atomic E-state index is 13.2. The molecule has 0 fully saturated rings. The van der Waals surface area contributed by atoms with E-state index in [4.69, 9.17) is 0 Å². The highest BCUT2D eigenvalue weighted by molar-refractivity contribution is 5.83. The average Bonchev–Trinajstić information content (AvgIpc) is 3.08. The number of rotatable bonds is 6. The second-order valence-electron chi connectivity index (χ2n) is 6.88. The molecule has 2 heterocycles. The monoisotopic (exact) mass is 376 g/mol. The summed E-state index contributed by atoms with van der Waals surface area (Å²) < 4.78 is 13.2. The zero-order valence-electron chi connectivity index (χ0n) is 15.5. The number of aromatic nitrogens is 3. The summed E-state index contributed by atoms with van der Waals surface area (Å²) in [6.45, 7) is 2.31. The van der Waals surface area contributed by atoms with Crippen LogP contribution in [0.25, 0.3) is 10.9 Å². The van der Waals surface area contributed by atoms with Gasteiger partial charge in [0.2, 0.25) is 0 Å². The van der Waals surface area contributed by atoms with Gasteiger partial charge >= 0.3 is 0 Å². The first kappa shape index (κ1) is 18.1. The number of H-pyrrole nitrogens is 2. The van der Waals surface area contributed by atoms with Crippen LogP contribution < -0.4 is 10.9 Å². The molecule has 28 heavy (non-hydrogen) atoms. The number of aromatic amines is 2. The molecule has 3 N–H and O–H groups in total. The number of para-hydroxylation sites is 1. The third-order valence-corrected chi connectivity index (χ3v) is 4.80. The fraction of sp³-hybridized carbons (Fsp3) is 0.182. The van der Waals surface area contributed by atoms with Crippen molar-refractivity contribution in [2.75, 3.05) is 0 Å². The third kappa shape index (κ3) is 4.02. The van der Waals surface area contributed by atoms with Crippen LogP contribution in [0, 0.1) is 12.7 Å². The SMILES string of the molecule is Cc1nc(C(Cc2c[nH]c3ccccc23)NCc2ccc(F)cc2)cc(=O)[nH]1. The summed E-state index contributed by atoms with van der Waals surface area (Å²) in [7, 11) is 0. The Balaban J connectivity index is 1.64. The predicted octanol–water partition coefficient (Wildman–Crippen LogP) is 3.77. The topological polar surface area (TPSA) is 73.6 Å². The number of halogens is 1. The van der Waals surface area contributed by atoms with Crippen molar-refractivity contribution in [3.63, 3.8) is 0 Å². The number of nitrogens with one attached hydrogen (secondary N) is 3. The van der Waals surface area contributed by atoms with Gasteiger partial charge in [-0.3, -0.25) is 4.79 Å². The molecule has 0 saturated heterocycles. The van der Waals surface area contributed by atoms with E-state index in [0.29, 0.717) is 24.5 Å². The Morgan fingerprint density at radius 2 is 1.93 bits per heavy atom. The number of hydrogen-bond donors (Lipinski definition) is 3. The number of fused-ring (bicyclic) bond motifs is 1. The zero-order valence-corrected chi connectivity index (χ0v) is 15.5. The van der Waals surface area contributed by atoms with Crippen molar-refractivity contribution in [2.45, 2.75) is 25.9 Å². The maximum absolute atomic E-state index is 13.2. The van der Waals surface area contributed by atoms with Gasteiger partial charge in [-0.15, -0.1) is 0 Å². The molecule has 0 radical (unpaired) electrons. The van der Waals surface area contributed by atoms with Crippen LogP contribution in [0.4, 0.5) is 4.39 Å².